The van der Waals surface area contributed by atoms with Gasteiger partial charge in [-0.15, -0.1) is 0 Å². The van der Waals surface area contributed by atoms with Gasteiger partial charge in [-0.25, -0.2) is 17.5 Å². The average molecular weight is 898 g/mol. The normalized spacial score (nSPS) is 14.3. The molecule has 17 heteroatoms. The van der Waals surface area contributed by atoms with Crippen LogP contribution in [0.25, 0.3) is 18.2 Å². The van der Waals surface area contributed by atoms with E-state index in [0.717, 1.165) is 22.2 Å². The summed E-state index contributed by atoms with van der Waals surface area (Å²) in [5, 5.41) is 11.4. The number of carbonyl (C=O) groups excluding carboxylic acids is 4. The van der Waals surface area contributed by atoms with Gasteiger partial charge in [0.05, 0.1) is 5.56 Å². The molecule has 2 aromatic heterocycles. The summed E-state index contributed by atoms with van der Waals surface area (Å²) in [5.74, 6) is -1.59. The number of rotatable bonds is 19. The molecule has 338 valence electrons. The van der Waals surface area contributed by atoms with E-state index >= 15 is 0 Å². The molecule has 2 aliphatic heterocycles. The van der Waals surface area contributed by atoms with E-state index in [9.17, 15) is 32.2 Å². The van der Waals surface area contributed by atoms with Gasteiger partial charge in [0.2, 0.25) is 17.5 Å². The molecule has 4 heterocycles. The number of primary amides is 1. The predicted octanol–water partition coefficient (Wildman–Crippen LogP) is 6.74. The van der Waals surface area contributed by atoms with E-state index in [1.54, 1.807) is 71.8 Å². The van der Waals surface area contributed by atoms with Crippen molar-refractivity contribution < 1.29 is 41.4 Å². The number of hydrogen-bond donors (Lipinski definition) is 5. The third-order valence-corrected chi connectivity index (χ3v) is 11.2. The highest BCUT2D eigenvalue weighted by atomic mass is 19.2. The minimum Gasteiger partial charge on any atom is -0.484 e. The molecule has 0 unspecified atom stereocenters. The van der Waals surface area contributed by atoms with Crippen molar-refractivity contribution in [3.8, 4) is 5.75 Å². The highest BCUT2D eigenvalue weighted by molar-refractivity contribution is 6.36. The van der Waals surface area contributed by atoms with Crippen molar-refractivity contribution in [2.75, 3.05) is 39.3 Å². The maximum Gasteiger partial charge on any atom is 0.935 e. The summed E-state index contributed by atoms with van der Waals surface area (Å²) in [6.07, 6.45) is 12.9. The Morgan fingerprint density at radius 2 is 1.58 bits per heavy atom. The van der Waals surface area contributed by atoms with Crippen molar-refractivity contribution in [2.24, 2.45) is 5.73 Å². The van der Waals surface area contributed by atoms with Crippen molar-refractivity contribution in [3.05, 3.63) is 166 Å². The zero-order chi connectivity index (χ0) is 46.6. The molecule has 0 bridgehead atoms. The summed E-state index contributed by atoms with van der Waals surface area (Å²) in [6, 6.07) is 25.1. The van der Waals surface area contributed by atoms with Crippen LogP contribution in [0.4, 0.5) is 13.0 Å². The first-order valence-corrected chi connectivity index (χ1v) is 21.6. The Bertz CT molecular complexity index is 2700. The number of aromatic amines is 2. The van der Waals surface area contributed by atoms with E-state index in [0.29, 0.717) is 78.6 Å². The lowest BCUT2D eigenvalue weighted by Gasteiger charge is -2.35. The van der Waals surface area contributed by atoms with Crippen LogP contribution in [0.2, 0.25) is 0 Å². The van der Waals surface area contributed by atoms with Gasteiger partial charge in [-0.1, -0.05) is 48.9 Å². The fourth-order valence-electron chi connectivity index (χ4n) is 7.74. The Kier molecular flexibility index (Phi) is 15.3. The van der Waals surface area contributed by atoms with Gasteiger partial charge in [-0.05, 0) is 84.6 Å². The Labute approximate surface area is 380 Å². The number of H-pyrrole nitrogens is 2. The van der Waals surface area contributed by atoms with Crippen molar-refractivity contribution in [1.29, 1.82) is 5.41 Å². The third-order valence-electron chi connectivity index (χ3n) is 11.2. The molecule has 7 rings (SSSR count). The van der Waals surface area contributed by atoms with E-state index in [2.05, 4.69) is 15.3 Å². The van der Waals surface area contributed by atoms with Crippen LogP contribution in [-0.4, -0.2) is 106 Å². The molecule has 3 aromatic carbocycles. The first-order chi connectivity index (χ1) is 31.9. The first kappa shape index (κ1) is 46.3. The molecule has 0 spiro atoms. The van der Waals surface area contributed by atoms with Gasteiger partial charge in [0.1, 0.15) is 17.3 Å². The monoisotopic (exact) mass is 897 g/mol. The van der Waals surface area contributed by atoms with Gasteiger partial charge in [-0.3, -0.25) is 19.2 Å². The number of amides is 4. The van der Waals surface area contributed by atoms with Crippen LogP contribution in [0.3, 0.4) is 0 Å². The lowest BCUT2D eigenvalue weighted by Crippen LogP contribution is -2.50. The van der Waals surface area contributed by atoms with Crippen molar-refractivity contribution >= 4 is 60.7 Å². The van der Waals surface area contributed by atoms with E-state index in [1.165, 1.54) is 29.2 Å². The number of unbranched alkanes of at least 4 members (excludes halogenated alkanes) is 2. The molecule has 5 aromatic rings. The summed E-state index contributed by atoms with van der Waals surface area (Å²) >= 11 is 0. The largest absolute Gasteiger partial charge is 0.935 e. The molecule has 0 saturated carbocycles. The SMILES string of the molecule is N=C(Cc1ccc(F)c(C(=O)N2CCN(C(=O)CCCCCNC(=O)COc3ccc(C=Cc4ccc(C=C5C=CC(c6ccc[nH]6)=[N+]5B(F)F)[nH]4)cc3)CC2)c1)c1ccccc1C(N)=O. The lowest BCUT2D eigenvalue weighted by molar-refractivity contribution is -0.340. The number of benzene rings is 3. The van der Waals surface area contributed by atoms with Crippen LogP contribution in [0, 0.1) is 11.2 Å². The number of aromatic nitrogens is 2. The maximum absolute atomic E-state index is 14.9. The Morgan fingerprint density at radius 3 is 2.30 bits per heavy atom. The van der Waals surface area contributed by atoms with Crippen LogP contribution in [0.15, 0.2) is 115 Å². The van der Waals surface area contributed by atoms with Crippen molar-refractivity contribution in [1.82, 2.24) is 25.1 Å². The standard InChI is InChI=1S/C49H48BF3N8O5/c51-42-21-14-34(30-43(54)39-7-3-4-8-40(39)48(55)64)29-41(42)49(65)60-27-25-59(26-28-60)47(63)10-2-1-5-23-57-46(62)32-66-38-19-12-33(13-20-38)11-15-35-16-17-36(58-35)31-37-18-22-45(61(37)50(52)53)44-9-6-24-56-44/h3-4,6-9,11-22,24,29,31,54H,1-2,5,10,23,25-28,30,32H2,(H4,55,56,57,58,62,64)/p+1. The van der Waals surface area contributed by atoms with E-state index < -0.39 is 25.0 Å². The second-order valence-corrected chi connectivity index (χ2v) is 15.8. The molecule has 1 saturated heterocycles. The zero-order valence-electron chi connectivity index (χ0n) is 36.1. The van der Waals surface area contributed by atoms with E-state index in [4.69, 9.17) is 15.9 Å². The highest BCUT2D eigenvalue weighted by Crippen LogP contribution is 2.22. The second-order valence-electron chi connectivity index (χ2n) is 15.8. The van der Waals surface area contributed by atoms with E-state index in [-0.39, 0.29) is 54.8 Å². The number of hydrogen-bond acceptors (Lipinski definition) is 6. The summed E-state index contributed by atoms with van der Waals surface area (Å²) in [5.41, 5.74) is 10.3. The highest BCUT2D eigenvalue weighted by Gasteiger charge is 2.42. The number of piperazine rings is 1. The fourth-order valence-corrected chi connectivity index (χ4v) is 7.74. The number of nitrogens with two attached hydrogens (primary N) is 1. The summed E-state index contributed by atoms with van der Waals surface area (Å²) in [4.78, 5) is 60.0. The van der Waals surface area contributed by atoms with Gasteiger partial charge in [0.15, 0.2) is 12.3 Å². The Balaban J connectivity index is 0.765. The number of allylic oxidation sites excluding steroid dienone is 2. The van der Waals surface area contributed by atoms with Gasteiger partial charge >= 0.3 is 7.40 Å². The molecular weight excluding hydrogens is 848 g/mol. The topological polar surface area (TPSA) is 180 Å². The van der Waals surface area contributed by atoms with Gasteiger partial charge in [0.25, 0.3) is 11.8 Å². The third kappa shape index (κ3) is 11.9. The van der Waals surface area contributed by atoms with E-state index in [1.807, 2.05) is 36.4 Å². The van der Waals surface area contributed by atoms with Crippen LogP contribution in [-0.2, 0) is 16.0 Å². The van der Waals surface area contributed by atoms with Gasteiger partial charge in [-0.2, -0.15) is 0 Å². The number of ether oxygens (including phenoxy) is 1. The second kappa shape index (κ2) is 21.8. The van der Waals surface area contributed by atoms with Gasteiger partial charge in [0, 0.05) is 98.2 Å². The summed E-state index contributed by atoms with van der Waals surface area (Å²) in [7, 11) is -2.71. The minimum atomic E-state index is -2.71. The summed E-state index contributed by atoms with van der Waals surface area (Å²) in [6.45, 7) is 1.44. The maximum atomic E-state index is 14.9. The molecule has 66 heavy (non-hydrogen) atoms. The molecule has 2 aliphatic rings. The zero-order valence-corrected chi connectivity index (χ0v) is 36.1. The molecule has 0 aliphatic carbocycles. The van der Waals surface area contributed by atoms with Crippen molar-refractivity contribution in [3.63, 3.8) is 0 Å². The summed E-state index contributed by atoms with van der Waals surface area (Å²) < 4.78 is 49.4. The average Bonchev–Trinajstić information content (AvgIpc) is 4.12. The number of nitrogens with zero attached hydrogens (tertiary/aromatic N) is 3. The molecule has 6 N–H and O–H groups in total. The quantitative estimate of drug-likeness (QED) is 0.0350. The van der Waals surface area contributed by atoms with Crippen LogP contribution in [0.5, 0.6) is 5.75 Å². The number of carbonyl (C=O) groups is 4. The smallest absolute Gasteiger partial charge is 0.484 e. The fraction of sp³-hybridized carbons (Fsp3) is 0.224. The number of halogens is 3. The van der Waals surface area contributed by atoms with Crippen LogP contribution >= 0.6 is 0 Å². The molecule has 1 fully saturated rings. The van der Waals surface area contributed by atoms with Crippen LogP contribution < -0.4 is 15.8 Å². The Morgan fingerprint density at radius 1 is 0.833 bits per heavy atom. The first-order valence-electron chi connectivity index (χ1n) is 21.6. The van der Waals surface area contributed by atoms with Crippen LogP contribution in [0.1, 0.15) is 80.2 Å². The Hall–Kier alpha value is -7.69. The molecule has 0 atom stereocenters. The van der Waals surface area contributed by atoms with Crippen molar-refractivity contribution in [2.45, 2.75) is 32.1 Å². The number of nitrogens with one attached hydrogen (secondary N) is 4. The van der Waals surface area contributed by atoms with Gasteiger partial charge < -0.3 is 41.0 Å². The minimum absolute atomic E-state index is 0.0277. The molecular formula is C49H49BF3N8O5+. The molecule has 13 nitrogen and oxygen atoms in total. The predicted molar refractivity (Wildman–Crippen MR) is 248 cm³/mol. The molecule has 4 amide bonds. The lowest BCUT2D eigenvalue weighted by atomic mass is 9.96. The molecule has 0 radical (unpaired) electrons.